The van der Waals surface area contributed by atoms with Gasteiger partial charge in [-0.2, -0.15) is 0 Å². The van der Waals surface area contributed by atoms with Crippen molar-refractivity contribution in [3.63, 3.8) is 0 Å². The van der Waals surface area contributed by atoms with Crippen LogP contribution in [-0.4, -0.2) is 10.4 Å². The van der Waals surface area contributed by atoms with E-state index in [0.29, 0.717) is 10.7 Å². The number of unbranched alkanes of at least 4 members (excludes halogenated alkanes) is 1. The van der Waals surface area contributed by atoms with E-state index in [9.17, 15) is 0 Å². The van der Waals surface area contributed by atoms with E-state index < -0.39 is 0 Å². The lowest BCUT2D eigenvalue weighted by Crippen LogP contribution is -1.97. The highest BCUT2D eigenvalue weighted by molar-refractivity contribution is 7.71. The molecule has 2 nitrogen and oxygen atoms in total. The SMILES string of the molecule is S=c1oc2ccccc2n1CCCCCl. The Hall–Kier alpha value is -0.800. The second-order valence-electron chi connectivity index (χ2n) is 3.38. The van der Waals surface area contributed by atoms with Crippen molar-refractivity contribution in [2.24, 2.45) is 0 Å². The van der Waals surface area contributed by atoms with E-state index in [0.717, 1.165) is 30.5 Å². The molecule has 0 unspecified atom stereocenters. The highest BCUT2D eigenvalue weighted by atomic mass is 35.5. The lowest BCUT2D eigenvalue weighted by Gasteiger charge is -2.01. The van der Waals surface area contributed by atoms with Crippen molar-refractivity contribution in [2.45, 2.75) is 19.4 Å². The molecule has 0 spiro atoms. The summed E-state index contributed by atoms with van der Waals surface area (Å²) in [6.45, 7) is 0.878. The quantitative estimate of drug-likeness (QED) is 0.458. The number of fused-ring (bicyclic) bond motifs is 1. The van der Waals surface area contributed by atoms with Gasteiger partial charge in [-0.1, -0.05) is 12.1 Å². The normalized spacial score (nSPS) is 11.0. The number of benzene rings is 1. The maximum atomic E-state index is 5.64. The zero-order valence-corrected chi connectivity index (χ0v) is 9.85. The van der Waals surface area contributed by atoms with E-state index in [1.54, 1.807) is 0 Å². The fraction of sp³-hybridized carbons (Fsp3) is 0.364. The van der Waals surface area contributed by atoms with Crippen molar-refractivity contribution < 1.29 is 4.42 Å². The van der Waals surface area contributed by atoms with Gasteiger partial charge in [0.1, 0.15) is 0 Å². The molecule has 0 fully saturated rings. The summed E-state index contributed by atoms with van der Waals surface area (Å²) in [4.78, 5) is 0.547. The summed E-state index contributed by atoms with van der Waals surface area (Å²) in [5.74, 6) is 0.698. The van der Waals surface area contributed by atoms with Crippen LogP contribution in [0.2, 0.25) is 0 Å². The number of nitrogens with zero attached hydrogens (tertiary/aromatic N) is 1. The molecule has 0 radical (unpaired) electrons. The molecule has 0 saturated carbocycles. The van der Waals surface area contributed by atoms with Gasteiger partial charge in [-0.05, 0) is 37.2 Å². The van der Waals surface area contributed by atoms with Crippen molar-refractivity contribution in [1.82, 2.24) is 4.57 Å². The molecule has 4 heteroatoms. The molecule has 1 aromatic heterocycles. The van der Waals surface area contributed by atoms with Crippen molar-refractivity contribution in [1.29, 1.82) is 0 Å². The summed E-state index contributed by atoms with van der Waals surface area (Å²) in [5.41, 5.74) is 1.92. The zero-order valence-electron chi connectivity index (χ0n) is 8.28. The Bertz CT molecular complexity index is 503. The highest BCUT2D eigenvalue weighted by Crippen LogP contribution is 2.17. The molecule has 2 rings (SSSR count). The molecule has 1 heterocycles. The molecule has 1 aromatic carbocycles. The van der Waals surface area contributed by atoms with E-state index >= 15 is 0 Å². The summed E-state index contributed by atoms with van der Waals surface area (Å²) in [7, 11) is 0. The Morgan fingerprint density at radius 2 is 2.07 bits per heavy atom. The van der Waals surface area contributed by atoms with Gasteiger partial charge in [-0.25, -0.2) is 0 Å². The van der Waals surface area contributed by atoms with E-state index in [-0.39, 0.29) is 0 Å². The second kappa shape index (κ2) is 4.81. The number of halogens is 1. The van der Waals surface area contributed by atoms with Crippen molar-refractivity contribution in [3.8, 4) is 0 Å². The number of alkyl halides is 1. The molecule has 80 valence electrons. The summed E-state index contributed by atoms with van der Waals surface area (Å²) >= 11 is 10.8. The van der Waals surface area contributed by atoms with Gasteiger partial charge in [0.05, 0.1) is 5.52 Å². The van der Waals surface area contributed by atoms with Gasteiger partial charge in [-0.15, -0.1) is 11.6 Å². The minimum absolute atomic E-state index is 0.547. The highest BCUT2D eigenvalue weighted by Gasteiger charge is 2.04. The number of hydrogen-bond donors (Lipinski definition) is 0. The van der Waals surface area contributed by atoms with Crippen molar-refractivity contribution >= 4 is 34.9 Å². The third kappa shape index (κ3) is 2.24. The number of para-hydroxylation sites is 2. The molecule has 0 N–H and O–H groups in total. The average Bonchev–Trinajstić information content (AvgIpc) is 2.56. The fourth-order valence-electron chi connectivity index (χ4n) is 1.59. The Morgan fingerprint density at radius 3 is 2.87 bits per heavy atom. The van der Waals surface area contributed by atoms with Gasteiger partial charge < -0.3 is 4.42 Å². The molecule has 0 atom stereocenters. The maximum Gasteiger partial charge on any atom is 0.269 e. The van der Waals surface area contributed by atoms with Crippen LogP contribution in [0.3, 0.4) is 0 Å². The summed E-state index contributed by atoms with van der Waals surface area (Å²) < 4.78 is 7.50. The summed E-state index contributed by atoms with van der Waals surface area (Å²) in [6.07, 6.45) is 2.03. The molecular weight excluding hydrogens is 230 g/mol. The van der Waals surface area contributed by atoms with Crippen LogP contribution < -0.4 is 0 Å². The van der Waals surface area contributed by atoms with Gasteiger partial charge in [0, 0.05) is 12.4 Å². The summed E-state index contributed by atoms with van der Waals surface area (Å²) in [6, 6.07) is 7.90. The van der Waals surface area contributed by atoms with Gasteiger partial charge >= 0.3 is 0 Å². The van der Waals surface area contributed by atoms with Crippen LogP contribution >= 0.6 is 23.8 Å². The number of oxazole rings is 1. The summed E-state index contributed by atoms with van der Waals surface area (Å²) in [5, 5.41) is 0. The van der Waals surface area contributed by atoms with Gasteiger partial charge in [-0.3, -0.25) is 4.57 Å². The average molecular weight is 242 g/mol. The van der Waals surface area contributed by atoms with E-state index in [2.05, 4.69) is 0 Å². The van der Waals surface area contributed by atoms with Crippen LogP contribution in [0.25, 0.3) is 11.1 Å². The first-order chi connectivity index (χ1) is 7.33. The van der Waals surface area contributed by atoms with Crippen LogP contribution in [0.1, 0.15) is 12.8 Å². The first-order valence-electron chi connectivity index (χ1n) is 4.97. The lowest BCUT2D eigenvalue weighted by molar-refractivity contribution is 0.524. The van der Waals surface area contributed by atoms with Crippen molar-refractivity contribution in [3.05, 3.63) is 29.1 Å². The molecule has 0 bridgehead atoms. The predicted molar refractivity (Wildman–Crippen MR) is 65.0 cm³/mol. The first-order valence-corrected chi connectivity index (χ1v) is 5.91. The minimum Gasteiger partial charge on any atom is -0.429 e. The number of rotatable bonds is 4. The van der Waals surface area contributed by atoms with Crippen molar-refractivity contribution in [2.75, 3.05) is 5.88 Å². The standard InChI is InChI=1S/C11H12ClNOS/c12-7-3-4-8-13-9-5-1-2-6-10(9)14-11(13)15/h1-2,5-6H,3-4,7-8H2. The number of aromatic nitrogens is 1. The van der Waals surface area contributed by atoms with Crippen LogP contribution in [0.4, 0.5) is 0 Å². The fourth-order valence-corrected chi connectivity index (χ4v) is 2.06. The first kappa shape index (κ1) is 10.7. The molecule has 0 aliphatic carbocycles. The third-order valence-corrected chi connectivity index (χ3v) is 2.91. The maximum absolute atomic E-state index is 5.64. The molecule has 15 heavy (non-hydrogen) atoms. The van der Waals surface area contributed by atoms with E-state index in [1.165, 1.54) is 0 Å². The van der Waals surface area contributed by atoms with Gasteiger partial charge in [0.25, 0.3) is 4.84 Å². The molecule has 0 aliphatic heterocycles. The molecule has 0 saturated heterocycles. The third-order valence-electron chi connectivity index (χ3n) is 2.34. The van der Waals surface area contributed by atoms with Gasteiger partial charge in [0.2, 0.25) is 0 Å². The molecule has 2 aromatic rings. The van der Waals surface area contributed by atoms with Gasteiger partial charge in [0.15, 0.2) is 5.58 Å². The smallest absolute Gasteiger partial charge is 0.269 e. The number of hydrogen-bond acceptors (Lipinski definition) is 2. The predicted octanol–water partition coefficient (Wildman–Crippen LogP) is 3.98. The van der Waals surface area contributed by atoms with Crippen LogP contribution in [0.15, 0.2) is 28.7 Å². The zero-order chi connectivity index (χ0) is 10.7. The molecule has 0 aliphatic rings. The Kier molecular flexibility index (Phi) is 3.44. The second-order valence-corrected chi connectivity index (χ2v) is 4.11. The van der Waals surface area contributed by atoms with E-state index in [1.807, 2.05) is 28.8 Å². The number of aryl methyl sites for hydroxylation is 1. The molecule has 0 amide bonds. The van der Waals surface area contributed by atoms with Crippen LogP contribution in [0.5, 0.6) is 0 Å². The Balaban J connectivity index is 2.33. The van der Waals surface area contributed by atoms with Crippen LogP contribution in [0, 0.1) is 4.84 Å². The monoisotopic (exact) mass is 241 g/mol. The largest absolute Gasteiger partial charge is 0.429 e. The van der Waals surface area contributed by atoms with E-state index in [4.69, 9.17) is 28.2 Å². The van der Waals surface area contributed by atoms with Crippen LogP contribution in [-0.2, 0) is 6.54 Å². The lowest BCUT2D eigenvalue weighted by atomic mass is 10.3. The Morgan fingerprint density at radius 1 is 1.27 bits per heavy atom. The topological polar surface area (TPSA) is 18.1 Å². The Labute approximate surface area is 98.5 Å². The minimum atomic E-state index is 0.547. The molecular formula is C11H12ClNOS.